The van der Waals surface area contributed by atoms with Crippen molar-refractivity contribution in [1.82, 2.24) is 4.31 Å². The molecule has 0 saturated carbocycles. The van der Waals surface area contributed by atoms with Gasteiger partial charge in [0.05, 0.1) is 14.2 Å². The molecule has 0 saturated heterocycles. The second kappa shape index (κ2) is 15.5. The van der Waals surface area contributed by atoms with E-state index in [2.05, 4.69) is 62.4 Å². The van der Waals surface area contributed by atoms with Gasteiger partial charge < -0.3 is 9.47 Å². The van der Waals surface area contributed by atoms with Crippen molar-refractivity contribution >= 4 is 11.3 Å². The highest BCUT2D eigenvalue weighted by atomic mass is 32.2. The first kappa shape index (κ1) is 27.8. The maximum Gasteiger partial charge on any atom is 0.234 e. The van der Waals surface area contributed by atoms with Crippen molar-refractivity contribution in [2.75, 3.05) is 27.3 Å². The molecule has 3 atom stereocenters. The van der Waals surface area contributed by atoms with Gasteiger partial charge in [-0.25, -0.2) is 8.51 Å². The Morgan fingerprint density at radius 2 is 1.15 bits per heavy atom. The van der Waals surface area contributed by atoms with E-state index in [1.54, 1.807) is 18.5 Å². The molecule has 2 aromatic rings. The van der Waals surface area contributed by atoms with Crippen LogP contribution < -0.4 is 9.47 Å². The summed E-state index contributed by atoms with van der Waals surface area (Å²) in [6, 6.07) is 16.1. The topological polar surface area (TPSA) is 59.0 Å². The molecule has 0 radical (unpaired) electrons. The van der Waals surface area contributed by atoms with Crippen LogP contribution in [0.1, 0.15) is 37.8 Å². The third kappa shape index (κ3) is 10.7. The molecule has 5 nitrogen and oxygen atoms in total. The molecule has 3 unspecified atom stereocenters. The van der Waals surface area contributed by atoms with Crippen LogP contribution in [0.15, 0.2) is 72.8 Å². The lowest BCUT2D eigenvalue weighted by atomic mass is 10.0. The molecule has 0 spiro atoms. The molecule has 0 aliphatic heterocycles. The Kier molecular flexibility index (Phi) is 12.7. The van der Waals surface area contributed by atoms with Crippen LogP contribution in [0.3, 0.4) is 0 Å². The summed E-state index contributed by atoms with van der Waals surface area (Å²) in [5.74, 6) is 2.31. The average molecular weight is 486 g/mol. The van der Waals surface area contributed by atoms with Gasteiger partial charge in [0.2, 0.25) is 11.3 Å². The number of hydrogen-bond donors (Lipinski definition) is 1. The van der Waals surface area contributed by atoms with Crippen molar-refractivity contribution in [2.24, 2.45) is 11.8 Å². The summed E-state index contributed by atoms with van der Waals surface area (Å²) in [6.45, 7) is 5.43. The van der Waals surface area contributed by atoms with Gasteiger partial charge in [0.25, 0.3) is 0 Å². The van der Waals surface area contributed by atoms with Gasteiger partial charge in [0.1, 0.15) is 11.5 Å². The average Bonchev–Trinajstić information content (AvgIpc) is 2.84. The summed E-state index contributed by atoms with van der Waals surface area (Å²) in [7, 11) is 3.33. The number of hydrogen-bond acceptors (Lipinski definition) is 3. The third-order valence-corrected chi connectivity index (χ3v) is 6.43. The molecule has 1 N–H and O–H groups in total. The summed E-state index contributed by atoms with van der Waals surface area (Å²) in [6.07, 6.45) is 12.1. The molecule has 34 heavy (non-hydrogen) atoms. The quantitative estimate of drug-likeness (QED) is 0.245. The normalized spacial score (nSPS) is 14.5. The molecule has 2 rings (SSSR count). The first-order valence-corrected chi connectivity index (χ1v) is 12.9. The maximum absolute atomic E-state index is 11.9. The first-order valence-electron chi connectivity index (χ1n) is 11.8. The largest absolute Gasteiger partial charge is 0.497 e. The van der Waals surface area contributed by atoms with Gasteiger partial charge in [0, 0.05) is 13.1 Å². The Morgan fingerprint density at radius 3 is 1.47 bits per heavy atom. The third-order valence-electron chi connectivity index (χ3n) is 5.69. The Labute approximate surface area is 207 Å². The highest BCUT2D eigenvalue weighted by Crippen LogP contribution is 2.15. The summed E-state index contributed by atoms with van der Waals surface area (Å²) in [5, 5.41) is 0. The molecular formula is C28H39NO4S. The van der Waals surface area contributed by atoms with E-state index in [1.807, 2.05) is 24.3 Å². The molecule has 186 valence electrons. The predicted molar refractivity (Wildman–Crippen MR) is 142 cm³/mol. The second-order valence-corrected chi connectivity index (χ2v) is 9.78. The number of allylic oxidation sites excluding steroid dienone is 4. The number of benzene rings is 2. The number of methoxy groups -OCH3 is 2. The molecule has 0 aliphatic rings. The molecule has 0 amide bonds. The van der Waals surface area contributed by atoms with E-state index < -0.39 is 11.3 Å². The monoisotopic (exact) mass is 485 g/mol. The van der Waals surface area contributed by atoms with Crippen LogP contribution in [0.25, 0.3) is 0 Å². The van der Waals surface area contributed by atoms with Gasteiger partial charge in [-0.2, -0.15) is 0 Å². The summed E-state index contributed by atoms with van der Waals surface area (Å²) in [4.78, 5) is 0. The van der Waals surface area contributed by atoms with Crippen LogP contribution in [0.2, 0.25) is 0 Å². The summed E-state index contributed by atoms with van der Waals surface area (Å²) >= 11 is -1.96. The van der Waals surface area contributed by atoms with Crippen molar-refractivity contribution in [2.45, 2.75) is 39.5 Å². The van der Waals surface area contributed by atoms with Gasteiger partial charge in [0.15, 0.2) is 0 Å². The molecule has 0 aromatic heterocycles. The van der Waals surface area contributed by atoms with Gasteiger partial charge in [-0.1, -0.05) is 62.4 Å². The van der Waals surface area contributed by atoms with Crippen molar-refractivity contribution in [3.63, 3.8) is 0 Å². The van der Waals surface area contributed by atoms with E-state index in [1.165, 1.54) is 11.1 Å². The van der Waals surface area contributed by atoms with Crippen LogP contribution in [0, 0.1) is 11.8 Å². The predicted octanol–water partition coefficient (Wildman–Crippen LogP) is 6.09. The minimum Gasteiger partial charge on any atom is -0.497 e. The lowest BCUT2D eigenvalue weighted by Gasteiger charge is -2.24. The van der Waals surface area contributed by atoms with Gasteiger partial charge in [-0.05, 0) is 72.9 Å². The van der Waals surface area contributed by atoms with E-state index in [-0.39, 0.29) is 0 Å². The Hall–Kier alpha value is -2.41. The smallest absolute Gasteiger partial charge is 0.234 e. The van der Waals surface area contributed by atoms with Crippen molar-refractivity contribution < 1.29 is 18.2 Å². The fourth-order valence-electron chi connectivity index (χ4n) is 3.67. The highest BCUT2D eigenvalue weighted by molar-refractivity contribution is 7.76. The lowest BCUT2D eigenvalue weighted by molar-refractivity contribution is 0.310. The van der Waals surface area contributed by atoms with Gasteiger partial charge >= 0.3 is 0 Å². The standard InChI is InChI=1S/C28H39NO4S/c1-23(9-5-7-11-25-13-17-27(32-3)18-14-25)21-29(34(30)31)22-24(2)10-6-8-12-26-15-19-28(33-4)20-16-26/h5-8,13-20,23-24H,9-12,21-22H2,1-4H3,(H,30,31). The maximum atomic E-state index is 11.9. The number of nitrogens with zero attached hydrogens (tertiary/aromatic N) is 1. The van der Waals surface area contributed by atoms with Crippen LogP contribution in [0.5, 0.6) is 11.5 Å². The second-order valence-electron chi connectivity index (χ2n) is 8.81. The highest BCUT2D eigenvalue weighted by Gasteiger charge is 2.17. The lowest BCUT2D eigenvalue weighted by Crippen LogP contribution is -2.33. The van der Waals surface area contributed by atoms with E-state index in [9.17, 15) is 8.76 Å². The van der Waals surface area contributed by atoms with Gasteiger partial charge in [-0.15, -0.1) is 0 Å². The van der Waals surface area contributed by atoms with Crippen LogP contribution in [-0.4, -0.2) is 40.4 Å². The van der Waals surface area contributed by atoms with E-state index >= 15 is 0 Å². The molecule has 0 bridgehead atoms. The summed E-state index contributed by atoms with van der Waals surface area (Å²) < 4.78 is 33.7. The van der Waals surface area contributed by atoms with E-state index in [0.29, 0.717) is 24.9 Å². The van der Waals surface area contributed by atoms with Crippen LogP contribution >= 0.6 is 0 Å². The zero-order chi connectivity index (χ0) is 24.8. The Morgan fingerprint density at radius 1 is 0.765 bits per heavy atom. The van der Waals surface area contributed by atoms with Gasteiger partial charge in [-0.3, -0.25) is 4.55 Å². The molecule has 0 aliphatic carbocycles. The Balaban J connectivity index is 1.72. The zero-order valence-corrected chi connectivity index (χ0v) is 21.7. The fourth-order valence-corrected chi connectivity index (χ4v) is 4.43. The SMILES string of the molecule is COc1ccc(CC=CCC(C)CN(CC(C)CC=CCc2ccc(OC)cc2)S(=O)O)cc1. The summed E-state index contributed by atoms with van der Waals surface area (Å²) in [5.41, 5.74) is 2.47. The molecule has 6 heteroatoms. The molecule has 2 aromatic carbocycles. The van der Waals surface area contributed by atoms with E-state index in [4.69, 9.17) is 9.47 Å². The van der Waals surface area contributed by atoms with Crippen LogP contribution in [-0.2, 0) is 24.1 Å². The zero-order valence-electron chi connectivity index (χ0n) is 20.9. The number of ether oxygens (including phenoxy) is 2. The minimum atomic E-state index is -1.96. The van der Waals surface area contributed by atoms with E-state index in [0.717, 1.165) is 37.2 Å². The van der Waals surface area contributed by atoms with Crippen molar-refractivity contribution in [1.29, 1.82) is 0 Å². The molecule has 0 heterocycles. The molecular weight excluding hydrogens is 446 g/mol. The molecule has 0 fully saturated rings. The fraction of sp³-hybridized carbons (Fsp3) is 0.429. The first-order chi connectivity index (χ1) is 16.4. The minimum absolute atomic E-state index is 0.293. The Bertz CT molecular complexity index is 840. The van der Waals surface area contributed by atoms with Crippen LogP contribution in [0.4, 0.5) is 0 Å². The number of rotatable bonds is 15. The van der Waals surface area contributed by atoms with Crippen molar-refractivity contribution in [3.05, 3.63) is 84.0 Å². The van der Waals surface area contributed by atoms with Crippen molar-refractivity contribution in [3.8, 4) is 11.5 Å².